The van der Waals surface area contributed by atoms with Crippen molar-refractivity contribution in [3.05, 3.63) is 36.5 Å². The van der Waals surface area contributed by atoms with Gasteiger partial charge in [0.25, 0.3) is 0 Å². The van der Waals surface area contributed by atoms with E-state index >= 15 is 0 Å². The lowest BCUT2D eigenvalue weighted by Gasteiger charge is -2.32. The SMILES string of the molecule is CC1C(=O)NCCN1S(=O)(=O)c1cccc2ncccc12. The molecule has 21 heavy (non-hydrogen) atoms. The highest BCUT2D eigenvalue weighted by Gasteiger charge is 2.36. The van der Waals surface area contributed by atoms with E-state index < -0.39 is 16.1 Å². The van der Waals surface area contributed by atoms with E-state index in [-0.39, 0.29) is 17.3 Å². The molecule has 6 nitrogen and oxygen atoms in total. The van der Waals surface area contributed by atoms with Crippen molar-refractivity contribution in [2.75, 3.05) is 13.1 Å². The zero-order valence-corrected chi connectivity index (χ0v) is 12.3. The van der Waals surface area contributed by atoms with Gasteiger partial charge in [-0.2, -0.15) is 4.31 Å². The maximum atomic E-state index is 12.9. The zero-order valence-electron chi connectivity index (χ0n) is 11.5. The Labute approximate surface area is 122 Å². The molecule has 1 aromatic carbocycles. The van der Waals surface area contributed by atoms with Crippen LogP contribution in [0.1, 0.15) is 6.92 Å². The van der Waals surface area contributed by atoms with Crippen LogP contribution in [-0.2, 0) is 14.8 Å². The Hall–Kier alpha value is -1.99. The second kappa shape index (κ2) is 5.09. The summed E-state index contributed by atoms with van der Waals surface area (Å²) in [5.74, 6) is -0.275. The minimum atomic E-state index is -3.74. The predicted molar refractivity (Wildman–Crippen MR) is 78.1 cm³/mol. The molecule has 1 amide bonds. The molecule has 0 saturated carbocycles. The molecule has 1 atom stereocenters. The van der Waals surface area contributed by atoms with E-state index in [4.69, 9.17) is 0 Å². The first kappa shape index (κ1) is 14.0. The average molecular weight is 305 g/mol. The number of hydrogen-bond donors (Lipinski definition) is 1. The van der Waals surface area contributed by atoms with Crippen molar-refractivity contribution in [2.45, 2.75) is 17.9 Å². The topological polar surface area (TPSA) is 79.4 Å². The fourth-order valence-electron chi connectivity index (χ4n) is 2.52. The third-order valence-electron chi connectivity index (χ3n) is 3.64. The summed E-state index contributed by atoms with van der Waals surface area (Å²) >= 11 is 0. The summed E-state index contributed by atoms with van der Waals surface area (Å²) in [7, 11) is -3.74. The van der Waals surface area contributed by atoms with E-state index in [0.717, 1.165) is 0 Å². The van der Waals surface area contributed by atoms with Crippen LogP contribution in [0.5, 0.6) is 0 Å². The van der Waals surface area contributed by atoms with Crippen LogP contribution in [0.3, 0.4) is 0 Å². The number of benzene rings is 1. The monoisotopic (exact) mass is 305 g/mol. The summed E-state index contributed by atoms with van der Waals surface area (Å²) in [5.41, 5.74) is 0.618. The van der Waals surface area contributed by atoms with Crippen molar-refractivity contribution >= 4 is 26.8 Å². The van der Waals surface area contributed by atoms with Gasteiger partial charge in [0.05, 0.1) is 10.4 Å². The Morgan fingerprint density at radius 3 is 2.90 bits per heavy atom. The fraction of sp³-hybridized carbons (Fsp3) is 0.286. The Kier molecular flexibility index (Phi) is 3.38. The Morgan fingerprint density at radius 1 is 1.29 bits per heavy atom. The molecule has 0 bridgehead atoms. The third kappa shape index (κ3) is 2.28. The first-order valence-electron chi connectivity index (χ1n) is 6.65. The molecule has 2 aromatic rings. The van der Waals surface area contributed by atoms with Crippen molar-refractivity contribution in [3.8, 4) is 0 Å². The van der Waals surface area contributed by atoms with E-state index in [1.54, 1.807) is 43.5 Å². The van der Waals surface area contributed by atoms with Crippen molar-refractivity contribution in [1.29, 1.82) is 0 Å². The molecule has 0 aliphatic carbocycles. The van der Waals surface area contributed by atoms with Gasteiger partial charge in [0.1, 0.15) is 6.04 Å². The fourth-order valence-corrected chi connectivity index (χ4v) is 4.31. The van der Waals surface area contributed by atoms with Gasteiger partial charge < -0.3 is 5.32 Å². The van der Waals surface area contributed by atoms with Gasteiger partial charge in [-0.3, -0.25) is 9.78 Å². The molecule has 7 heteroatoms. The number of fused-ring (bicyclic) bond motifs is 1. The van der Waals surface area contributed by atoms with Crippen molar-refractivity contribution in [2.24, 2.45) is 0 Å². The normalized spacial score (nSPS) is 20.4. The summed E-state index contributed by atoms with van der Waals surface area (Å²) in [6.45, 7) is 2.19. The van der Waals surface area contributed by atoms with Crippen molar-refractivity contribution in [3.63, 3.8) is 0 Å². The van der Waals surface area contributed by atoms with Crippen LogP contribution in [0.4, 0.5) is 0 Å². The number of amides is 1. The smallest absolute Gasteiger partial charge is 0.244 e. The number of carbonyl (C=O) groups excluding carboxylic acids is 1. The number of aromatic nitrogens is 1. The van der Waals surface area contributed by atoms with E-state index in [0.29, 0.717) is 17.4 Å². The molecule has 3 rings (SSSR count). The zero-order chi connectivity index (χ0) is 15.0. The van der Waals surface area contributed by atoms with Gasteiger partial charge in [-0.15, -0.1) is 0 Å². The minimum absolute atomic E-state index is 0.189. The maximum absolute atomic E-state index is 12.9. The molecule has 1 N–H and O–H groups in total. The molecule has 1 saturated heterocycles. The number of pyridine rings is 1. The molecule has 1 aromatic heterocycles. The molecule has 0 spiro atoms. The molecule has 1 unspecified atom stereocenters. The van der Waals surface area contributed by atoms with Gasteiger partial charge in [-0.05, 0) is 31.2 Å². The standard InChI is InChI=1S/C14H15N3O3S/c1-10-14(18)16-8-9-17(10)21(19,20)13-6-2-5-12-11(13)4-3-7-15-12/h2-7,10H,8-9H2,1H3,(H,16,18). The van der Waals surface area contributed by atoms with E-state index in [1.807, 2.05) is 0 Å². The van der Waals surface area contributed by atoms with Crippen LogP contribution in [0, 0.1) is 0 Å². The number of hydrogen-bond acceptors (Lipinski definition) is 4. The Balaban J connectivity index is 2.14. The molecule has 1 aliphatic heterocycles. The average Bonchev–Trinajstić information content (AvgIpc) is 2.49. The van der Waals surface area contributed by atoms with Gasteiger partial charge in [-0.25, -0.2) is 8.42 Å². The molecular weight excluding hydrogens is 290 g/mol. The van der Waals surface area contributed by atoms with E-state index in [9.17, 15) is 13.2 Å². The quantitative estimate of drug-likeness (QED) is 0.887. The lowest BCUT2D eigenvalue weighted by atomic mass is 10.2. The molecular formula is C14H15N3O3S. The highest BCUT2D eigenvalue weighted by molar-refractivity contribution is 7.89. The number of nitrogens with one attached hydrogen (secondary N) is 1. The summed E-state index contributed by atoms with van der Waals surface area (Å²) in [6, 6.07) is 7.70. The summed E-state index contributed by atoms with van der Waals surface area (Å²) in [4.78, 5) is 16.1. The van der Waals surface area contributed by atoms with Gasteiger partial charge >= 0.3 is 0 Å². The number of carbonyl (C=O) groups is 1. The molecule has 0 radical (unpaired) electrons. The second-order valence-corrected chi connectivity index (χ2v) is 6.77. The van der Waals surface area contributed by atoms with Crippen LogP contribution < -0.4 is 5.32 Å². The first-order chi connectivity index (χ1) is 10.0. The molecule has 2 heterocycles. The van der Waals surface area contributed by atoms with Gasteiger partial charge in [0.2, 0.25) is 15.9 Å². The largest absolute Gasteiger partial charge is 0.353 e. The molecule has 110 valence electrons. The van der Waals surface area contributed by atoms with Crippen LogP contribution in [0.2, 0.25) is 0 Å². The first-order valence-corrected chi connectivity index (χ1v) is 8.09. The lowest BCUT2D eigenvalue weighted by molar-refractivity contribution is -0.126. The van der Waals surface area contributed by atoms with E-state index in [1.165, 1.54) is 4.31 Å². The summed E-state index contributed by atoms with van der Waals surface area (Å²) in [5, 5.41) is 3.23. The summed E-state index contributed by atoms with van der Waals surface area (Å²) in [6.07, 6.45) is 1.62. The van der Waals surface area contributed by atoms with Gasteiger partial charge in [-0.1, -0.05) is 6.07 Å². The number of rotatable bonds is 2. The minimum Gasteiger partial charge on any atom is -0.353 e. The van der Waals surface area contributed by atoms with Gasteiger partial charge in [0.15, 0.2) is 0 Å². The predicted octanol–water partition coefficient (Wildman–Crippen LogP) is 0.744. The lowest BCUT2D eigenvalue weighted by Crippen LogP contribution is -2.55. The van der Waals surface area contributed by atoms with E-state index in [2.05, 4.69) is 10.3 Å². The highest BCUT2D eigenvalue weighted by atomic mass is 32.2. The van der Waals surface area contributed by atoms with Crippen molar-refractivity contribution < 1.29 is 13.2 Å². The van der Waals surface area contributed by atoms with Crippen LogP contribution >= 0.6 is 0 Å². The third-order valence-corrected chi connectivity index (χ3v) is 5.66. The van der Waals surface area contributed by atoms with Crippen LogP contribution in [0.15, 0.2) is 41.4 Å². The Bertz CT molecular complexity index is 799. The number of piperazine rings is 1. The molecule has 1 fully saturated rings. The molecule has 1 aliphatic rings. The highest BCUT2D eigenvalue weighted by Crippen LogP contribution is 2.26. The van der Waals surface area contributed by atoms with Crippen LogP contribution in [-0.4, -0.2) is 42.7 Å². The van der Waals surface area contributed by atoms with Gasteiger partial charge in [0, 0.05) is 24.7 Å². The number of nitrogens with zero attached hydrogens (tertiary/aromatic N) is 2. The Morgan fingerprint density at radius 2 is 2.10 bits per heavy atom. The second-order valence-electron chi connectivity index (χ2n) is 4.91. The summed E-state index contributed by atoms with van der Waals surface area (Å²) < 4.78 is 27.0. The van der Waals surface area contributed by atoms with Crippen LogP contribution in [0.25, 0.3) is 10.9 Å². The number of sulfonamides is 1. The maximum Gasteiger partial charge on any atom is 0.244 e. The van der Waals surface area contributed by atoms with Crippen molar-refractivity contribution in [1.82, 2.24) is 14.6 Å².